The number of aromatic nitrogens is 2. The van der Waals surface area contributed by atoms with E-state index in [0.29, 0.717) is 12.1 Å². The summed E-state index contributed by atoms with van der Waals surface area (Å²) < 4.78 is 15.7. The molecular formula is C14H16FN3. The molecule has 2 fully saturated rings. The minimum atomic E-state index is -0.171. The van der Waals surface area contributed by atoms with Crippen molar-refractivity contribution >= 4 is 11.0 Å². The van der Waals surface area contributed by atoms with Crippen LogP contribution < -0.4 is 5.32 Å². The van der Waals surface area contributed by atoms with E-state index in [-0.39, 0.29) is 5.82 Å². The van der Waals surface area contributed by atoms with Gasteiger partial charge in [-0.3, -0.25) is 0 Å². The lowest BCUT2D eigenvalue weighted by molar-refractivity contribution is 0.559. The second kappa shape index (κ2) is 3.79. The highest BCUT2D eigenvalue weighted by molar-refractivity contribution is 5.76. The lowest BCUT2D eigenvalue weighted by Gasteiger charge is -2.13. The average molecular weight is 245 g/mol. The van der Waals surface area contributed by atoms with E-state index in [9.17, 15) is 4.39 Å². The maximum atomic E-state index is 13.4. The third-order valence-electron chi connectivity index (χ3n) is 3.96. The Morgan fingerprint density at radius 1 is 1.28 bits per heavy atom. The SMILES string of the molecule is Fc1ccc2nc(C3CCCN3)n(C3CC3)c2c1. The highest BCUT2D eigenvalue weighted by Gasteiger charge is 2.31. The maximum absolute atomic E-state index is 13.4. The summed E-state index contributed by atoms with van der Waals surface area (Å²) >= 11 is 0. The third kappa shape index (κ3) is 1.56. The van der Waals surface area contributed by atoms with Crippen LogP contribution in [0.15, 0.2) is 18.2 Å². The molecule has 3 nitrogen and oxygen atoms in total. The number of nitrogens with one attached hydrogen (secondary N) is 1. The molecule has 0 bridgehead atoms. The number of halogens is 1. The molecule has 1 atom stereocenters. The van der Waals surface area contributed by atoms with Crippen LogP contribution in [-0.4, -0.2) is 16.1 Å². The van der Waals surface area contributed by atoms with Gasteiger partial charge in [-0.05, 0) is 50.4 Å². The van der Waals surface area contributed by atoms with Crippen molar-refractivity contribution in [3.63, 3.8) is 0 Å². The van der Waals surface area contributed by atoms with Crippen LogP contribution in [0.1, 0.15) is 43.6 Å². The number of hydrogen-bond acceptors (Lipinski definition) is 2. The van der Waals surface area contributed by atoms with Gasteiger partial charge in [0.2, 0.25) is 0 Å². The van der Waals surface area contributed by atoms with Crippen molar-refractivity contribution in [1.82, 2.24) is 14.9 Å². The number of fused-ring (bicyclic) bond motifs is 1. The first-order valence-electron chi connectivity index (χ1n) is 6.74. The minimum absolute atomic E-state index is 0.171. The van der Waals surface area contributed by atoms with E-state index >= 15 is 0 Å². The highest BCUT2D eigenvalue weighted by Crippen LogP contribution is 2.41. The van der Waals surface area contributed by atoms with Gasteiger partial charge >= 0.3 is 0 Å². The molecule has 1 unspecified atom stereocenters. The predicted octanol–water partition coefficient (Wildman–Crippen LogP) is 2.93. The lowest BCUT2D eigenvalue weighted by Crippen LogP contribution is -2.17. The van der Waals surface area contributed by atoms with E-state index < -0.39 is 0 Å². The molecule has 0 amide bonds. The van der Waals surface area contributed by atoms with Gasteiger partial charge in [-0.25, -0.2) is 9.37 Å². The van der Waals surface area contributed by atoms with E-state index in [1.165, 1.54) is 25.3 Å². The molecular weight excluding hydrogens is 229 g/mol. The Labute approximate surface area is 105 Å². The Kier molecular flexibility index (Phi) is 2.21. The first-order valence-corrected chi connectivity index (χ1v) is 6.74. The summed E-state index contributed by atoms with van der Waals surface area (Å²) in [6, 6.07) is 5.80. The lowest BCUT2D eigenvalue weighted by atomic mass is 10.2. The molecule has 1 saturated carbocycles. The van der Waals surface area contributed by atoms with E-state index in [0.717, 1.165) is 29.8 Å². The molecule has 2 heterocycles. The molecule has 2 aromatic rings. The van der Waals surface area contributed by atoms with Gasteiger partial charge in [-0.2, -0.15) is 0 Å². The molecule has 1 aliphatic carbocycles. The normalized spacial score (nSPS) is 23.9. The zero-order valence-electron chi connectivity index (χ0n) is 10.2. The van der Waals surface area contributed by atoms with Crippen molar-refractivity contribution in [1.29, 1.82) is 0 Å². The molecule has 94 valence electrons. The van der Waals surface area contributed by atoms with Crippen LogP contribution in [0, 0.1) is 5.82 Å². The monoisotopic (exact) mass is 245 g/mol. The summed E-state index contributed by atoms with van der Waals surface area (Å²) in [5.41, 5.74) is 1.88. The molecule has 1 aromatic carbocycles. The first-order chi connectivity index (χ1) is 8.83. The van der Waals surface area contributed by atoms with Crippen molar-refractivity contribution in [3.8, 4) is 0 Å². The second-order valence-corrected chi connectivity index (χ2v) is 5.35. The predicted molar refractivity (Wildman–Crippen MR) is 67.9 cm³/mol. The van der Waals surface area contributed by atoms with E-state index in [1.54, 1.807) is 12.1 Å². The zero-order chi connectivity index (χ0) is 12.1. The van der Waals surface area contributed by atoms with Crippen molar-refractivity contribution in [2.24, 2.45) is 0 Å². The van der Waals surface area contributed by atoms with Crippen LogP contribution in [0.25, 0.3) is 11.0 Å². The second-order valence-electron chi connectivity index (χ2n) is 5.35. The first kappa shape index (κ1) is 10.5. The van der Waals surface area contributed by atoms with Crippen molar-refractivity contribution < 1.29 is 4.39 Å². The van der Waals surface area contributed by atoms with Gasteiger partial charge in [0.25, 0.3) is 0 Å². The van der Waals surface area contributed by atoms with Gasteiger partial charge in [0.1, 0.15) is 11.6 Å². The summed E-state index contributed by atoms with van der Waals surface area (Å²) in [7, 11) is 0. The zero-order valence-corrected chi connectivity index (χ0v) is 10.2. The Morgan fingerprint density at radius 3 is 2.89 bits per heavy atom. The van der Waals surface area contributed by atoms with E-state index in [2.05, 4.69) is 9.88 Å². The van der Waals surface area contributed by atoms with Crippen molar-refractivity contribution in [2.45, 2.75) is 37.8 Å². The Balaban J connectivity index is 1.92. The molecule has 4 heteroatoms. The largest absolute Gasteiger partial charge is 0.323 e. The minimum Gasteiger partial charge on any atom is -0.323 e. The van der Waals surface area contributed by atoms with Gasteiger partial charge < -0.3 is 9.88 Å². The summed E-state index contributed by atoms with van der Waals surface area (Å²) in [4.78, 5) is 4.73. The van der Waals surface area contributed by atoms with E-state index in [4.69, 9.17) is 4.98 Å². The van der Waals surface area contributed by atoms with Crippen molar-refractivity contribution in [3.05, 3.63) is 29.8 Å². The quantitative estimate of drug-likeness (QED) is 0.881. The smallest absolute Gasteiger partial charge is 0.127 e. The van der Waals surface area contributed by atoms with E-state index in [1.807, 2.05) is 0 Å². The molecule has 0 spiro atoms. The van der Waals surface area contributed by atoms with Crippen LogP contribution in [0.5, 0.6) is 0 Å². The number of hydrogen-bond donors (Lipinski definition) is 1. The molecule has 1 aliphatic heterocycles. The Morgan fingerprint density at radius 2 is 2.17 bits per heavy atom. The Bertz CT molecular complexity index is 594. The molecule has 1 saturated heterocycles. The summed E-state index contributed by atoms with van der Waals surface area (Å²) in [6.07, 6.45) is 4.73. The highest BCUT2D eigenvalue weighted by atomic mass is 19.1. The summed E-state index contributed by atoms with van der Waals surface area (Å²) in [5, 5.41) is 3.49. The number of benzene rings is 1. The molecule has 0 radical (unpaired) electrons. The van der Waals surface area contributed by atoms with Gasteiger partial charge in [0, 0.05) is 6.04 Å². The number of imidazole rings is 1. The number of rotatable bonds is 2. The average Bonchev–Trinajstić information content (AvgIpc) is 2.93. The van der Waals surface area contributed by atoms with Crippen LogP contribution >= 0.6 is 0 Å². The van der Waals surface area contributed by atoms with Crippen LogP contribution in [0.3, 0.4) is 0 Å². The number of nitrogens with zero attached hydrogens (tertiary/aromatic N) is 2. The van der Waals surface area contributed by atoms with Gasteiger partial charge in [-0.15, -0.1) is 0 Å². The molecule has 4 rings (SSSR count). The summed E-state index contributed by atoms with van der Waals surface area (Å²) in [6.45, 7) is 1.06. The van der Waals surface area contributed by atoms with Crippen molar-refractivity contribution in [2.75, 3.05) is 6.54 Å². The fourth-order valence-electron chi connectivity index (χ4n) is 2.95. The fraction of sp³-hybridized carbons (Fsp3) is 0.500. The van der Waals surface area contributed by atoms with Gasteiger partial charge in [-0.1, -0.05) is 0 Å². The molecule has 2 aliphatic rings. The Hall–Kier alpha value is -1.42. The standard InChI is InChI=1S/C14H16FN3/c15-9-3-6-11-13(8-9)18(10-4-5-10)14(17-11)12-2-1-7-16-12/h3,6,8,10,12,16H,1-2,4-5,7H2. The fourth-order valence-corrected chi connectivity index (χ4v) is 2.95. The molecule has 1 N–H and O–H groups in total. The van der Waals surface area contributed by atoms with Gasteiger partial charge in [0.15, 0.2) is 0 Å². The van der Waals surface area contributed by atoms with Crippen LogP contribution in [0.2, 0.25) is 0 Å². The molecule has 1 aromatic heterocycles. The third-order valence-corrected chi connectivity index (χ3v) is 3.96. The topological polar surface area (TPSA) is 29.9 Å². The summed E-state index contributed by atoms with van der Waals surface area (Å²) in [5.74, 6) is 0.936. The maximum Gasteiger partial charge on any atom is 0.127 e. The van der Waals surface area contributed by atoms with Crippen LogP contribution in [-0.2, 0) is 0 Å². The van der Waals surface area contributed by atoms with Gasteiger partial charge in [0.05, 0.1) is 17.1 Å². The van der Waals surface area contributed by atoms with Crippen LogP contribution in [0.4, 0.5) is 4.39 Å². The molecule has 18 heavy (non-hydrogen) atoms.